The van der Waals surface area contributed by atoms with Crippen molar-refractivity contribution in [3.63, 3.8) is 0 Å². The molecule has 0 saturated heterocycles. The first-order chi connectivity index (χ1) is 36.7. The highest BCUT2D eigenvalue weighted by Gasteiger charge is 2.28. The summed E-state index contributed by atoms with van der Waals surface area (Å²) < 4.78 is 97.7. The minimum absolute atomic E-state index is 0.0758. The Bertz CT molecular complexity index is 2860. The molecule has 3 heterocycles. The van der Waals surface area contributed by atoms with E-state index >= 15 is 0 Å². The predicted octanol–water partition coefficient (Wildman–Crippen LogP) is 3.51. The second kappa shape index (κ2) is 23.8. The van der Waals surface area contributed by atoms with Crippen molar-refractivity contribution >= 4 is 35.6 Å². The Morgan fingerprint density at radius 2 is 1.01 bits per heavy atom. The van der Waals surface area contributed by atoms with Gasteiger partial charge in [-0.3, -0.25) is 29.4 Å². The van der Waals surface area contributed by atoms with E-state index in [-0.39, 0.29) is 62.8 Å². The monoisotopic (exact) mass is 976 g/mol. The van der Waals surface area contributed by atoms with Gasteiger partial charge in [-0.1, -0.05) is 20.8 Å². The molecule has 13 atom stereocenters. The first-order valence-corrected chi connectivity index (χ1v) is 22.6. The minimum Gasteiger partial charge on any atom is -0.393 e. The van der Waals surface area contributed by atoms with E-state index in [9.17, 15) is 29.7 Å². The van der Waals surface area contributed by atoms with Crippen molar-refractivity contribution in [3.05, 3.63) is 51.7 Å². The maximum Gasteiger partial charge on any atom is 0.254 e. The number of hydrogen-bond acceptors (Lipinski definition) is 15. The van der Waals surface area contributed by atoms with Crippen LogP contribution in [0.3, 0.4) is 0 Å². The Morgan fingerprint density at radius 1 is 0.623 bits per heavy atom. The van der Waals surface area contributed by atoms with Gasteiger partial charge >= 0.3 is 0 Å². The number of nitrogens with two attached hydrogens (primary N) is 3. The largest absolute Gasteiger partial charge is 0.393 e. The van der Waals surface area contributed by atoms with Gasteiger partial charge in [0.1, 0.15) is 16.5 Å². The zero-order valence-electron chi connectivity index (χ0n) is 53.5. The Kier molecular flexibility index (Phi) is 13.8. The summed E-state index contributed by atoms with van der Waals surface area (Å²) in [6.07, 6.45) is -12.9. The molecule has 0 aliphatic heterocycles. The average molecular weight is 976 g/mol. The molecule has 0 spiro atoms. The second-order valence-corrected chi connectivity index (χ2v) is 20.3. The lowest BCUT2D eigenvalue weighted by molar-refractivity contribution is 0.0702. The number of amides is 3. The van der Waals surface area contributed by atoms with Gasteiger partial charge in [0.05, 0.1) is 57.2 Å². The summed E-state index contributed by atoms with van der Waals surface area (Å²) in [4.78, 5) is 68.6. The van der Waals surface area contributed by atoms with Gasteiger partial charge in [-0.05, 0) is 138 Å². The lowest BCUT2D eigenvalue weighted by Crippen LogP contribution is -2.34. The number of hydrogen-bond donors (Lipinski definition) is 12. The number of anilines is 3. The van der Waals surface area contributed by atoms with Crippen LogP contribution in [-0.2, 0) is 0 Å². The molecule has 3 saturated carbocycles. The normalized spacial score (nSPS) is 35.4. The Labute approximate surface area is 422 Å². The topological polar surface area (TPSA) is 349 Å². The third-order valence-electron chi connectivity index (χ3n) is 10.1. The molecule has 3 aromatic rings. The van der Waals surface area contributed by atoms with Crippen molar-refractivity contribution < 1.29 is 46.2 Å². The molecule has 0 radical (unpaired) electrons. The lowest BCUT2D eigenvalue weighted by Gasteiger charge is -2.28. The molecule has 3 fully saturated rings. The highest BCUT2D eigenvalue weighted by Crippen LogP contribution is 2.28. The number of rotatable bonds is 9. The third-order valence-corrected chi connectivity index (χ3v) is 10.1. The van der Waals surface area contributed by atoms with E-state index in [0.717, 1.165) is 0 Å². The first kappa shape index (κ1) is 40.1. The molecular formula is C48H81N15O6. The SMILES string of the molecule is [2H]c1nc(NC(C)(C)C)[nH]c(=NC2C([2H])C(O)C(C)C([2H])C2([2H])[2H])c1C(N)=O.[2H]c1nc(NC(C)(C)C)[nH]c(=NC2C([2H])C([2H])C(C)C(O)C2([2H])[2H])c1C(N)=O.[2H]c1nc(NC(C)(C)C)[nH]c(=NC2CCC([2H])(C)C(O)C2)c1C(N)=O. The fourth-order valence-electron chi connectivity index (χ4n) is 6.56. The highest BCUT2D eigenvalue weighted by molar-refractivity contribution is 5.93. The summed E-state index contributed by atoms with van der Waals surface area (Å²) in [5, 5.41) is 39.7. The summed E-state index contributed by atoms with van der Waals surface area (Å²) in [6.45, 7) is 21.7. The van der Waals surface area contributed by atoms with E-state index in [4.69, 9.17) is 33.7 Å². The molecule has 6 rings (SSSR count). The molecule has 0 aromatic carbocycles. The molecule has 13 unspecified atom stereocenters. The van der Waals surface area contributed by atoms with Crippen LogP contribution in [0.2, 0.25) is 0 Å². The maximum atomic E-state index is 11.8. The smallest absolute Gasteiger partial charge is 0.254 e. The fraction of sp³-hybridized carbons (Fsp3) is 0.688. The number of H-pyrrole nitrogens is 3. The number of carbonyl (C=O) groups excluding carboxylic acids is 3. The van der Waals surface area contributed by atoms with Crippen LogP contribution in [-0.4, -0.2) is 116 Å². The number of primary amides is 3. The summed E-state index contributed by atoms with van der Waals surface area (Å²) in [6, 6.07) is -3.15. The first-order valence-electron chi connectivity index (χ1n) is 28.9. The van der Waals surface area contributed by atoms with Gasteiger partial charge < -0.3 is 63.4 Å². The summed E-state index contributed by atoms with van der Waals surface area (Å²) >= 11 is 0. The van der Waals surface area contributed by atoms with E-state index in [1.165, 1.54) is 13.8 Å². The van der Waals surface area contributed by atoms with Crippen molar-refractivity contribution in [1.29, 1.82) is 0 Å². The van der Waals surface area contributed by atoms with Crippen molar-refractivity contribution in [2.75, 3.05) is 16.0 Å². The molecule has 3 aliphatic carbocycles. The van der Waals surface area contributed by atoms with E-state index in [1.54, 1.807) is 6.92 Å². The van der Waals surface area contributed by atoms with Gasteiger partial charge in [-0.15, -0.1) is 0 Å². The lowest BCUT2D eigenvalue weighted by atomic mass is 9.85. The van der Waals surface area contributed by atoms with Crippen molar-refractivity contribution in [1.82, 2.24) is 29.9 Å². The molecule has 3 aliphatic rings. The van der Waals surface area contributed by atoms with E-state index in [0.29, 0.717) is 25.2 Å². The number of carbonyl (C=O) groups is 3. The molecule has 3 aromatic heterocycles. The molecule has 21 heteroatoms. The van der Waals surface area contributed by atoms with Crippen LogP contribution in [0.1, 0.15) is 188 Å². The van der Waals surface area contributed by atoms with Gasteiger partial charge in [0.2, 0.25) is 17.8 Å². The van der Waals surface area contributed by atoms with Gasteiger partial charge in [0.15, 0.2) is 0 Å². The minimum atomic E-state index is -2.31. The van der Waals surface area contributed by atoms with Crippen LogP contribution >= 0.6 is 0 Å². The standard InChI is InChI=1S/3C16H27N5O2/c3*1-9-5-6-10(7-12(9)22)19-14-11(13(17)23)8-18-15(20-14)21-16(2,3)4/h3*8-10,12,22H,5-7H2,1-4H3,(H2,17,23)(H2,18,19,20,21)/i5D,6D2,7D,8D;5D,6D,7D2,8D;8D,9D. The van der Waals surface area contributed by atoms with Crippen LogP contribution < -0.4 is 49.6 Å². The quantitative estimate of drug-likeness (QED) is 0.147. The summed E-state index contributed by atoms with van der Waals surface area (Å²) in [7, 11) is 0. The van der Waals surface area contributed by atoms with Crippen LogP contribution in [0, 0.1) is 17.7 Å². The molecule has 0 bridgehead atoms. The molecule has 3 amide bonds. The van der Waals surface area contributed by atoms with Gasteiger partial charge in [0.25, 0.3) is 17.7 Å². The van der Waals surface area contributed by atoms with Crippen LogP contribution in [0.5, 0.6) is 0 Å². The number of aliphatic hydroxyl groups is 3. The molecule has 69 heavy (non-hydrogen) atoms. The Morgan fingerprint density at radius 3 is 1.41 bits per heavy atom. The Hall–Kier alpha value is -5.67. The molecule has 384 valence electrons. The maximum absolute atomic E-state index is 11.8. The number of nitrogens with zero attached hydrogens (tertiary/aromatic N) is 6. The van der Waals surface area contributed by atoms with E-state index in [2.05, 4.69) is 60.8 Å². The third kappa shape index (κ3) is 18.3. The van der Waals surface area contributed by atoms with Crippen molar-refractivity contribution in [3.8, 4) is 0 Å². The van der Waals surface area contributed by atoms with Crippen molar-refractivity contribution in [2.45, 2.75) is 194 Å². The van der Waals surface area contributed by atoms with Crippen LogP contribution in [0.15, 0.2) is 33.5 Å². The molecular weight excluding hydrogens is 883 g/mol. The summed E-state index contributed by atoms with van der Waals surface area (Å²) in [5.41, 5.74) is 13.9. The Balaban J connectivity index is 0.000000262. The highest BCUT2D eigenvalue weighted by atomic mass is 16.3. The zero-order valence-corrected chi connectivity index (χ0v) is 41.5. The zero-order chi connectivity index (χ0) is 62.2. The number of aromatic nitrogens is 6. The summed E-state index contributed by atoms with van der Waals surface area (Å²) in [5.74, 6) is -4.59. The van der Waals surface area contributed by atoms with Gasteiger partial charge in [-0.2, -0.15) is 0 Å². The second-order valence-electron chi connectivity index (χ2n) is 20.3. The van der Waals surface area contributed by atoms with E-state index in [1.807, 2.05) is 62.3 Å². The van der Waals surface area contributed by atoms with Crippen molar-refractivity contribution in [2.24, 2.45) is 49.9 Å². The number of aromatic amines is 3. The number of aliphatic hydroxyl groups excluding tert-OH is 3. The fourth-order valence-corrected chi connectivity index (χ4v) is 6.56. The molecule has 15 N–H and O–H groups in total. The van der Waals surface area contributed by atoms with Crippen LogP contribution in [0.4, 0.5) is 17.8 Å². The number of nitrogens with one attached hydrogen (secondary N) is 6. The average Bonchev–Trinajstić information content (AvgIpc) is 3.28. The van der Waals surface area contributed by atoms with Gasteiger partial charge in [0, 0.05) is 47.5 Å². The van der Waals surface area contributed by atoms with E-state index < -0.39 is 128 Å². The predicted molar refractivity (Wildman–Crippen MR) is 267 cm³/mol. The van der Waals surface area contributed by atoms with Crippen LogP contribution in [0.25, 0.3) is 0 Å². The van der Waals surface area contributed by atoms with Gasteiger partial charge in [-0.25, -0.2) is 15.0 Å². The molecule has 21 nitrogen and oxygen atoms in total.